The van der Waals surface area contributed by atoms with Crippen LogP contribution in [0.1, 0.15) is 27.2 Å². The van der Waals surface area contributed by atoms with Crippen molar-refractivity contribution >= 4 is 16.1 Å². The standard InChI is InChI=1S/C17H27N3O4S/c1-4-9-18-17(21)19-10-12-20(13-11-19)25(22,23)16-7-5-15(6-8-16)24-14(2)3/h5-8,14H,4,9-13H2,1-3H3,(H,18,21). The first-order valence-electron chi connectivity index (χ1n) is 8.64. The lowest BCUT2D eigenvalue weighted by Crippen LogP contribution is -2.53. The Hall–Kier alpha value is -1.80. The average molecular weight is 369 g/mol. The summed E-state index contributed by atoms with van der Waals surface area (Å²) in [6.45, 7) is 7.83. The van der Waals surface area contributed by atoms with Gasteiger partial charge in [0.05, 0.1) is 11.0 Å². The Balaban J connectivity index is 1.98. The first-order chi connectivity index (χ1) is 11.8. The van der Waals surface area contributed by atoms with Crippen LogP contribution in [0.25, 0.3) is 0 Å². The minimum absolute atomic E-state index is 0.0365. The van der Waals surface area contributed by atoms with Crippen molar-refractivity contribution in [1.29, 1.82) is 0 Å². The molecule has 140 valence electrons. The zero-order valence-corrected chi connectivity index (χ0v) is 15.9. The lowest BCUT2D eigenvalue weighted by atomic mass is 10.3. The first kappa shape index (κ1) is 19.5. The van der Waals surface area contributed by atoms with Crippen molar-refractivity contribution in [1.82, 2.24) is 14.5 Å². The molecular weight excluding hydrogens is 342 g/mol. The third-order valence-electron chi connectivity index (χ3n) is 3.89. The third kappa shape index (κ3) is 5.09. The first-order valence-corrected chi connectivity index (χ1v) is 10.1. The van der Waals surface area contributed by atoms with E-state index in [1.54, 1.807) is 29.2 Å². The third-order valence-corrected chi connectivity index (χ3v) is 5.80. The van der Waals surface area contributed by atoms with Gasteiger partial charge in [0.2, 0.25) is 10.0 Å². The maximum atomic E-state index is 12.7. The van der Waals surface area contributed by atoms with Crippen molar-refractivity contribution in [3.8, 4) is 5.75 Å². The predicted molar refractivity (Wildman–Crippen MR) is 96.2 cm³/mol. The van der Waals surface area contributed by atoms with Gasteiger partial charge in [0.25, 0.3) is 0 Å². The van der Waals surface area contributed by atoms with Gasteiger partial charge in [-0.05, 0) is 44.5 Å². The van der Waals surface area contributed by atoms with E-state index in [2.05, 4.69) is 5.32 Å². The van der Waals surface area contributed by atoms with Gasteiger partial charge in [0.15, 0.2) is 0 Å². The van der Waals surface area contributed by atoms with Crippen molar-refractivity contribution in [3.63, 3.8) is 0 Å². The fourth-order valence-corrected chi connectivity index (χ4v) is 4.01. The number of nitrogens with one attached hydrogen (secondary N) is 1. The van der Waals surface area contributed by atoms with E-state index in [0.717, 1.165) is 6.42 Å². The molecule has 1 heterocycles. The SMILES string of the molecule is CCCNC(=O)N1CCN(S(=O)(=O)c2ccc(OC(C)C)cc2)CC1. The van der Waals surface area contributed by atoms with E-state index in [-0.39, 0.29) is 17.0 Å². The van der Waals surface area contributed by atoms with Crippen LogP contribution in [0.5, 0.6) is 5.75 Å². The molecule has 0 bridgehead atoms. The number of nitrogens with zero attached hydrogens (tertiary/aromatic N) is 2. The highest BCUT2D eigenvalue weighted by Gasteiger charge is 2.30. The number of urea groups is 1. The van der Waals surface area contributed by atoms with Gasteiger partial charge >= 0.3 is 6.03 Å². The second kappa shape index (κ2) is 8.53. The molecule has 0 spiro atoms. The molecule has 8 heteroatoms. The number of hydrogen-bond donors (Lipinski definition) is 1. The summed E-state index contributed by atoms with van der Waals surface area (Å²) < 4.78 is 32.4. The molecule has 1 fully saturated rings. The van der Waals surface area contributed by atoms with Crippen LogP contribution < -0.4 is 10.1 Å². The molecule has 2 rings (SSSR count). The van der Waals surface area contributed by atoms with Gasteiger partial charge in [-0.15, -0.1) is 0 Å². The normalized spacial score (nSPS) is 16.1. The number of amides is 2. The van der Waals surface area contributed by atoms with Crippen LogP contribution in [-0.4, -0.2) is 62.5 Å². The van der Waals surface area contributed by atoms with Crippen LogP contribution in [0.4, 0.5) is 4.79 Å². The quantitative estimate of drug-likeness (QED) is 0.831. The van der Waals surface area contributed by atoms with E-state index in [0.29, 0.717) is 38.5 Å². The zero-order valence-electron chi connectivity index (χ0n) is 15.1. The zero-order chi connectivity index (χ0) is 18.4. The summed E-state index contributed by atoms with van der Waals surface area (Å²) in [6.07, 6.45) is 0.908. The second-order valence-corrected chi connectivity index (χ2v) is 8.20. The molecule has 0 unspecified atom stereocenters. The van der Waals surface area contributed by atoms with Crippen molar-refractivity contribution in [2.24, 2.45) is 0 Å². The topological polar surface area (TPSA) is 79.0 Å². The molecule has 1 aliphatic rings. The molecule has 0 aliphatic carbocycles. The smallest absolute Gasteiger partial charge is 0.317 e. The van der Waals surface area contributed by atoms with Crippen LogP contribution >= 0.6 is 0 Å². The van der Waals surface area contributed by atoms with E-state index in [1.807, 2.05) is 20.8 Å². The number of hydrogen-bond acceptors (Lipinski definition) is 4. The van der Waals surface area contributed by atoms with Gasteiger partial charge in [0, 0.05) is 32.7 Å². The van der Waals surface area contributed by atoms with Crippen LogP contribution in [-0.2, 0) is 10.0 Å². The van der Waals surface area contributed by atoms with Crippen LogP contribution in [0, 0.1) is 0 Å². The van der Waals surface area contributed by atoms with Gasteiger partial charge in [-0.1, -0.05) is 6.92 Å². The molecule has 2 amide bonds. The number of sulfonamides is 1. The van der Waals surface area contributed by atoms with Crippen molar-refractivity contribution in [2.75, 3.05) is 32.7 Å². The Morgan fingerprint density at radius 3 is 2.28 bits per heavy atom. The number of carbonyl (C=O) groups is 1. The highest BCUT2D eigenvalue weighted by atomic mass is 32.2. The van der Waals surface area contributed by atoms with E-state index in [1.165, 1.54) is 4.31 Å². The molecule has 7 nitrogen and oxygen atoms in total. The molecule has 1 N–H and O–H groups in total. The van der Waals surface area contributed by atoms with E-state index >= 15 is 0 Å². The number of benzene rings is 1. The van der Waals surface area contributed by atoms with Gasteiger partial charge in [-0.25, -0.2) is 13.2 Å². The second-order valence-electron chi connectivity index (χ2n) is 6.26. The molecule has 0 atom stereocenters. The minimum atomic E-state index is -3.55. The summed E-state index contributed by atoms with van der Waals surface area (Å²) in [5, 5.41) is 2.81. The highest BCUT2D eigenvalue weighted by Crippen LogP contribution is 2.21. The fourth-order valence-electron chi connectivity index (χ4n) is 2.59. The van der Waals surface area contributed by atoms with Crippen LogP contribution in [0.2, 0.25) is 0 Å². The van der Waals surface area contributed by atoms with Gasteiger partial charge < -0.3 is 15.0 Å². The van der Waals surface area contributed by atoms with Crippen molar-refractivity contribution in [2.45, 2.75) is 38.2 Å². The van der Waals surface area contributed by atoms with Gasteiger partial charge in [-0.3, -0.25) is 0 Å². The van der Waals surface area contributed by atoms with Crippen LogP contribution in [0.3, 0.4) is 0 Å². The highest BCUT2D eigenvalue weighted by molar-refractivity contribution is 7.89. The number of ether oxygens (including phenoxy) is 1. The summed E-state index contributed by atoms with van der Waals surface area (Å²) in [6, 6.07) is 6.33. The molecule has 0 saturated carbocycles. The number of piperazine rings is 1. The monoisotopic (exact) mass is 369 g/mol. The molecule has 25 heavy (non-hydrogen) atoms. The summed E-state index contributed by atoms with van der Waals surface area (Å²) in [5.41, 5.74) is 0. The van der Waals surface area contributed by atoms with E-state index in [4.69, 9.17) is 4.74 Å². The lowest BCUT2D eigenvalue weighted by Gasteiger charge is -2.34. The molecule has 0 radical (unpaired) electrons. The fraction of sp³-hybridized carbons (Fsp3) is 0.588. The Morgan fingerprint density at radius 1 is 1.16 bits per heavy atom. The summed E-state index contributed by atoms with van der Waals surface area (Å²) in [7, 11) is -3.55. The summed E-state index contributed by atoms with van der Waals surface area (Å²) in [4.78, 5) is 13.8. The Bertz CT molecular complexity index is 666. The number of rotatable bonds is 6. The van der Waals surface area contributed by atoms with Gasteiger partial charge in [0.1, 0.15) is 5.75 Å². The van der Waals surface area contributed by atoms with Crippen molar-refractivity contribution < 1.29 is 17.9 Å². The molecule has 1 aromatic carbocycles. The Morgan fingerprint density at radius 2 is 1.76 bits per heavy atom. The molecular formula is C17H27N3O4S. The van der Waals surface area contributed by atoms with Crippen LogP contribution in [0.15, 0.2) is 29.2 Å². The molecule has 1 aliphatic heterocycles. The molecule has 0 aromatic heterocycles. The lowest BCUT2D eigenvalue weighted by molar-refractivity contribution is 0.172. The van der Waals surface area contributed by atoms with Gasteiger partial charge in [-0.2, -0.15) is 4.31 Å². The molecule has 1 saturated heterocycles. The Kier molecular flexibility index (Phi) is 6.66. The maximum Gasteiger partial charge on any atom is 0.317 e. The summed E-state index contributed by atoms with van der Waals surface area (Å²) in [5.74, 6) is 0.645. The minimum Gasteiger partial charge on any atom is -0.491 e. The maximum absolute atomic E-state index is 12.7. The predicted octanol–water partition coefficient (Wildman–Crippen LogP) is 1.90. The number of carbonyl (C=O) groups excluding carboxylic acids is 1. The van der Waals surface area contributed by atoms with E-state index < -0.39 is 10.0 Å². The Labute approximate surface area is 150 Å². The largest absolute Gasteiger partial charge is 0.491 e. The summed E-state index contributed by atoms with van der Waals surface area (Å²) >= 11 is 0. The van der Waals surface area contributed by atoms with E-state index in [9.17, 15) is 13.2 Å². The average Bonchev–Trinajstić information content (AvgIpc) is 2.59. The van der Waals surface area contributed by atoms with Crippen molar-refractivity contribution in [3.05, 3.63) is 24.3 Å². The molecule has 1 aromatic rings.